The van der Waals surface area contributed by atoms with Crippen molar-refractivity contribution in [2.24, 2.45) is 5.11 Å². The fourth-order valence-electron chi connectivity index (χ4n) is 1.42. The van der Waals surface area contributed by atoms with E-state index in [0.717, 1.165) is 6.26 Å². The summed E-state index contributed by atoms with van der Waals surface area (Å²) in [6.07, 6.45) is -2.45. The van der Waals surface area contributed by atoms with E-state index in [1.165, 1.54) is 14.2 Å². The Hall–Kier alpha value is -0.980. The number of azide groups is 1. The molecule has 0 heterocycles. The van der Waals surface area contributed by atoms with Gasteiger partial charge in [0.15, 0.2) is 0 Å². The summed E-state index contributed by atoms with van der Waals surface area (Å²) in [6.45, 7) is -1.04. The first kappa shape index (κ1) is 21.0. The summed E-state index contributed by atoms with van der Waals surface area (Å²) in [7, 11) is -0.969. The first-order valence-corrected chi connectivity index (χ1v) is 7.91. The zero-order valence-electron chi connectivity index (χ0n) is 12.6. The van der Waals surface area contributed by atoms with Gasteiger partial charge in [-0.25, -0.2) is 0 Å². The molecule has 1 N–H and O–H groups in total. The predicted molar refractivity (Wildman–Crippen MR) is 74.3 cm³/mol. The Morgan fingerprint density at radius 1 is 1.23 bits per heavy atom. The molecule has 130 valence electrons. The maximum absolute atomic E-state index is 11.0. The number of methoxy groups -OCH3 is 2. The second-order valence-electron chi connectivity index (χ2n) is 4.12. The maximum Gasteiger partial charge on any atom is 0.264 e. The van der Waals surface area contributed by atoms with Crippen LogP contribution in [0.4, 0.5) is 0 Å². The third-order valence-electron chi connectivity index (χ3n) is 2.30. The van der Waals surface area contributed by atoms with Crippen LogP contribution in [0.1, 0.15) is 0 Å². The van der Waals surface area contributed by atoms with Crippen molar-refractivity contribution in [3.05, 3.63) is 10.4 Å². The Balaban J connectivity index is 4.93. The number of hydrogen-bond acceptors (Lipinski definition) is 9. The van der Waals surface area contributed by atoms with Crippen molar-refractivity contribution in [1.29, 1.82) is 0 Å². The highest BCUT2D eigenvalue weighted by molar-refractivity contribution is 7.85. The van der Waals surface area contributed by atoms with Crippen LogP contribution in [0.5, 0.6) is 0 Å². The lowest BCUT2D eigenvalue weighted by atomic mass is 10.1. The zero-order valence-corrected chi connectivity index (χ0v) is 13.4. The molecule has 0 aromatic heterocycles. The Morgan fingerprint density at radius 3 is 2.32 bits per heavy atom. The Bertz CT molecular complexity index is 439. The molecule has 0 aromatic carbocycles. The first-order chi connectivity index (χ1) is 10.4. The molecule has 0 saturated carbocycles. The molecule has 0 aliphatic carbocycles. The molecule has 0 unspecified atom stereocenters. The second kappa shape index (κ2) is 11.6. The van der Waals surface area contributed by atoms with E-state index in [2.05, 4.69) is 14.2 Å². The third-order valence-corrected chi connectivity index (χ3v) is 2.87. The lowest BCUT2D eigenvalue weighted by Crippen LogP contribution is -2.46. The lowest BCUT2D eigenvalue weighted by molar-refractivity contribution is -0.185. The van der Waals surface area contributed by atoms with Gasteiger partial charge in [0.2, 0.25) is 0 Å². The maximum atomic E-state index is 11.0. The molecular formula is C10H21N3O8S. The van der Waals surface area contributed by atoms with Gasteiger partial charge in [0.25, 0.3) is 10.1 Å². The minimum atomic E-state index is -3.73. The molecular weight excluding hydrogens is 322 g/mol. The highest BCUT2D eigenvalue weighted by Gasteiger charge is 2.31. The monoisotopic (exact) mass is 343 g/mol. The van der Waals surface area contributed by atoms with Crippen LogP contribution in [0.2, 0.25) is 0 Å². The van der Waals surface area contributed by atoms with E-state index >= 15 is 0 Å². The molecule has 12 heteroatoms. The van der Waals surface area contributed by atoms with Crippen molar-refractivity contribution >= 4 is 10.1 Å². The molecule has 0 aliphatic rings. The van der Waals surface area contributed by atoms with Gasteiger partial charge in [0.1, 0.15) is 25.8 Å². The molecule has 0 aromatic rings. The van der Waals surface area contributed by atoms with Crippen molar-refractivity contribution in [2.75, 3.05) is 47.2 Å². The molecule has 0 radical (unpaired) electrons. The van der Waals surface area contributed by atoms with Crippen LogP contribution in [0.3, 0.4) is 0 Å². The molecule has 22 heavy (non-hydrogen) atoms. The summed E-state index contributed by atoms with van der Waals surface area (Å²) < 4.78 is 46.5. The molecule has 0 fully saturated rings. The Morgan fingerprint density at radius 2 is 1.82 bits per heavy atom. The molecule has 0 spiro atoms. The molecule has 0 amide bonds. The number of aliphatic hydroxyl groups excluding tert-OH is 1. The smallest absolute Gasteiger partial charge is 0.264 e. The van der Waals surface area contributed by atoms with E-state index in [1.54, 1.807) is 0 Å². The van der Waals surface area contributed by atoms with Gasteiger partial charge in [-0.1, -0.05) is 5.11 Å². The summed E-state index contributed by atoms with van der Waals surface area (Å²) in [4.78, 5) is 2.60. The van der Waals surface area contributed by atoms with E-state index in [1.807, 2.05) is 0 Å². The minimum Gasteiger partial charge on any atom is -0.388 e. The van der Waals surface area contributed by atoms with Crippen LogP contribution in [0.25, 0.3) is 10.4 Å². The van der Waals surface area contributed by atoms with Gasteiger partial charge in [0, 0.05) is 19.1 Å². The molecule has 0 saturated heterocycles. The van der Waals surface area contributed by atoms with E-state index < -0.39 is 35.0 Å². The Kier molecular flexibility index (Phi) is 11.1. The van der Waals surface area contributed by atoms with Crippen molar-refractivity contribution in [3.63, 3.8) is 0 Å². The number of hydrogen-bond donors (Lipinski definition) is 1. The summed E-state index contributed by atoms with van der Waals surface area (Å²) >= 11 is 0. The molecule has 0 aliphatic heterocycles. The van der Waals surface area contributed by atoms with Crippen LogP contribution in [0.15, 0.2) is 5.11 Å². The number of nitrogens with zero attached hydrogens (tertiary/aromatic N) is 3. The van der Waals surface area contributed by atoms with Gasteiger partial charge in [-0.15, -0.1) is 0 Å². The fraction of sp³-hybridized carbons (Fsp3) is 1.00. The van der Waals surface area contributed by atoms with Gasteiger partial charge in [-0.3, -0.25) is 4.18 Å². The lowest BCUT2D eigenvalue weighted by Gasteiger charge is -2.29. The summed E-state index contributed by atoms with van der Waals surface area (Å²) in [6, 6.07) is 0. The van der Waals surface area contributed by atoms with Crippen LogP contribution < -0.4 is 0 Å². The van der Waals surface area contributed by atoms with Gasteiger partial charge in [-0.2, -0.15) is 8.42 Å². The van der Waals surface area contributed by atoms with Gasteiger partial charge >= 0.3 is 0 Å². The van der Waals surface area contributed by atoms with E-state index in [4.69, 9.17) is 24.5 Å². The highest BCUT2D eigenvalue weighted by Crippen LogP contribution is 2.12. The fourth-order valence-corrected chi connectivity index (χ4v) is 1.81. The van der Waals surface area contributed by atoms with Crippen LogP contribution in [-0.2, 0) is 33.2 Å². The summed E-state index contributed by atoms with van der Waals surface area (Å²) in [5.74, 6) is 0. The second-order valence-corrected chi connectivity index (χ2v) is 5.76. The Labute approximate surface area is 128 Å². The quantitative estimate of drug-likeness (QED) is 0.156. The van der Waals surface area contributed by atoms with E-state index in [0.29, 0.717) is 0 Å². The average Bonchev–Trinajstić information content (AvgIpc) is 2.46. The van der Waals surface area contributed by atoms with Gasteiger partial charge < -0.3 is 24.1 Å². The average molecular weight is 343 g/mol. The van der Waals surface area contributed by atoms with Crippen molar-refractivity contribution in [1.82, 2.24) is 0 Å². The SMILES string of the molecule is COCO[C@H]([C@H](O)COS(C)(=O)=O)[C@H](CN=[N+]=[N-])OCOC. The van der Waals surface area contributed by atoms with Crippen molar-refractivity contribution in [3.8, 4) is 0 Å². The largest absolute Gasteiger partial charge is 0.388 e. The third kappa shape index (κ3) is 9.87. The number of rotatable bonds is 13. The van der Waals surface area contributed by atoms with E-state index in [-0.39, 0.29) is 20.1 Å². The standard InChI is InChI=1S/C10H21N3O8S/c1-17-6-19-9(4-12-13-11)10(20-7-18-2)8(14)5-21-22(3,15)16/h8-10,14H,4-7H2,1-3H3/t8-,9+,10-/m1/s1. The van der Waals surface area contributed by atoms with Crippen molar-refractivity contribution in [2.45, 2.75) is 18.3 Å². The van der Waals surface area contributed by atoms with Crippen LogP contribution in [0, 0.1) is 0 Å². The molecule has 3 atom stereocenters. The van der Waals surface area contributed by atoms with Crippen molar-refractivity contribution < 1.29 is 36.7 Å². The topological polar surface area (TPSA) is 149 Å². The summed E-state index contributed by atoms with van der Waals surface area (Å²) in [5.41, 5.74) is 8.39. The molecule has 0 rings (SSSR count). The summed E-state index contributed by atoms with van der Waals surface area (Å²) in [5, 5.41) is 13.4. The van der Waals surface area contributed by atoms with Gasteiger partial charge in [-0.05, 0) is 5.53 Å². The highest BCUT2D eigenvalue weighted by atomic mass is 32.2. The van der Waals surface area contributed by atoms with Crippen LogP contribution in [-0.4, -0.2) is 79.0 Å². The van der Waals surface area contributed by atoms with E-state index in [9.17, 15) is 13.5 Å². The molecule has 11 nitrogen and oxygen atoms in total. The first-order valence-electron chi connectivity index (χ1n) is 6.10. The van der Waals surface area contributed by atoms with Gasteiger partial charge in [0.05, 0.1) is 25.5 Å². The molecule has 0 bridgehead atoms. The number of ether oxygens (including phenoxy) is 4. The number of aliphatic hydroxyl groups is 1. The van der Waals surface area contributed by atoms with Crippen LogP contribution >= 0.6 is 0 Å². The minimum absolute atomic E-state index is 0.141. The zero-order chi connectivity index (χ0) is 17.0. The normalized spacial score (nSPS) is 15.8. The predicted octanol–water partition coefficient (Wildman–Crippen LogP) is -0.388.